The molecule has 1 aliphatic heterocycles. The van der Waals surface area contributed by atoms with Crippen LogP contribution in [0.1, 0.15) is 41.3 Å². The minimum atomic E-state index is -3.84. The molecule has 2 aromatic carbocycles. The number of fused-ring (bicyclic) bond motifs is 1. The number of ether oxygens (including phenoxy) is 1. The number of amides is 1. The first-order valence-electron chi connectivity index (χ1n) is 10.1. The van der Waals surface area contributed by atoms with E-state index in [4.69, 9.17) is 16.3 Å². The molecule has 0 saturated heterocycles. The lowest BCUT2D eigenvalue weighted by atomic mass is 10.0. The van der Waals surface area contributed by atoms with Gasteiger partial charge in [0.2, 0.25) is 10.0 Å². The summed E-state index contributed by atoms with van der Waals surface area (Å²) < 4.78 is 33.0. The number of benzene rings is 2. The lowest BCUT2D eigenvalue weighted by Gasteiger charge is -2.28. The highest BCUT2D eigenvalue weighted by Gasteiger charge is 2.31. The molecule has 0 radical (unpaired) electrons. The highest BCUT2D eigenvalue weighted by atomic mass is 35.5. The minimum absolute atomic E-state index is 0.0432. The molecule has 1 N–H and O–H groups in total. The zero-order valence-electron chi connectivity index (χ0n) is 17.0. The Morgan fingerprint density at radius 3 is 2.58 bits per heavy atom. The molecule has 1 atom stereocenters. The summed E-state index contributed by atoms with van der Waals surface area (Å²) in [6.45, 7) is 2.08. The molecule has 4 rings (SSSR count). The maximum Gasteiger partial charge on any atom is 0.340 e. The predicted octanol–water partition coefficient (Wildman–Crippen LogP) is 2.91. The standard InChI is InChI=1S/C22H23ClN2O5S/c1-14(21(26)24-17-6-7-17)30-22(27)19-12-18(8-9-20(19)23)31(28,29)25-11-10-15-4-2-3-5-16(15)13-25/h2-5,8-9,12,14,17H,6-7,10-11,13H2,1H3,(H,24,26). The molecule has 0 spiro atoms. The normalized spacial score (nSPS) is 17.5. The van der Waals surface area contributed by atoms with Crippen molar-refractivity contribution >= 4 is 33.5 Å². The van der Waals surface area contributed by atoms with E-state index in [1.165, 1.54) is 29.4 Å². The Balaban J connectivity index is 1.52. The molecule has 0 bridgehead atoms. The first-order valence-corrected chi connectivity index (χ1v) is 12.0. The molecule has 1 amide bonds. The molecule has 0 aromatic heterocycles. The molecule has 2 aliphatic rings. The average Bonchev–Trinajstić information content (AvgIpc) is 3.57. The van der Waals surface area contributed by atoms with E-state index in [-0.39, 0.29) is 34.0 Å². The quantitative estimate of drug-likeness (QED) is 0.666. The zero-order valence-corrected chi connectivity index (χ0v) is 18.6. The molecule has 1 heterocycles. The number of halogens is 1. The highest BCUT2D eigenvalue weighted by Crippen LogP contribution is 2.28. The van der Waals surface area contributed by atoms with Crippen LogP contribution in [-0.2, 0) is 32.5 Å². The molecule has 31 heavy (non-hydrogen) atoms. The number of nitrogens with one attached hydrogen (secondary N) is 1. The second-order valence-electron chi connectivity index (χ2n) is 7.83. The summed E-state index contributed by atoms with van der Waals surface area (Å²) in [6, 6.07) is 11.8. The van der Waals surface area contributed by atoms with Crippen molar-refractivity contribution in [3.8, 4) is 0 Å². The topological polar surface area (TPSA) is 92.8 Å². The van der Waals surface area contributed by atoms with Crippen LogP contribution in [0.5, 0.6) is 0 Å². The third-order valence-corrected chi connectivity index (χ3v) is 7.64. The second-order valence-corrected chi connectivity index (χ2v) is 10.2. The molecule has 1 aliphatic carbocycles. The van der Waals surface area contributed by atoms with Crippen molar-refractivity contribution in [2.45, 2.75) is 49.8 Å². The van der Waals surface area contributed by atoms with Crippen molar-refractivity contribution in [2.24, 2.45) is 0 Å². The van der Waals surface area contributed by atoms with Crippen LogP contribution >= 0.6 is 11.6 Å². The van der Waals surface area contributed by atoms with Crippen LogP contribution < -0.4 is 5.32 Å². The Bertz CT molecular complexity index is 1130. The first kappa shape index (κ1) is 21.8. The van der Waals surface area contributed by atoms with Gasteiger partial charge >= 0.3 is 5.97 Å². The molecule has 7 nitrogen and oxygen atoms in total. The van der Waals surface area contributed by atoms with E-state index in [0.717, 1.165) is 24.0 Å². The Hall–Kier alpha value is -2.42. The number of hydrogen-bond donors (Lipinski definition) is 1. The van der Waals surface area contributed by atoms with Gasteiger partial charge in [0.25, 0.3) is 5.91 Å². The minimum Gasteiger partial charge on any atom is -0.449 e. The number of hydrogen-bond acceptors (Lipinski definition) is 5. The number of sulfonamides is 1. The largest absolute Gasteiger partial charge is 0.449 e. The molecule has 1 saturated carbocycles. The maximum atomic E-state index is 13.2. The van der Waals surface area contributed by atoms with E-state index in [2.05, 4.69) is 5.32 Å². The van der Waals surface area contributed by atoms with Crippen LogP contribution in [0, 0.1) is 0 Å². The summed E-state index contributed by atoms with van der Waals surface area (Å²) in [5, 5.41) is 2.82. The number of carbonyl (C=O) groups excluding carboxylic acids is 2. The fourth-order valence-corrected chi connectivity index (χ4v) is 5.11. The smallest absolute Gasteiger partial charge is 0.340 e. The number of nitrogens with zero attached hydrogens (tertiary/aromatic N) is 1. The summed E-state index contributed by atoms with van der Waals surface area (Å²) >= 11 is 6.14. The van der Waals surface area contributed by atoms with Crippen LogP contribution in [0.3, 0.4) is 0 Å². The fourth-order valence-electron chi connectivity index (χ4n) is 3.47. The molecule has 1 unspecified atom stereocenters. The SMILES string of the molecule is CC(OC(=O)c1cc(S(=O)(=O)N2CCc3ccccc3C2)ccc1Cl)C(=O)NC1CC1. The Morgan fingerprint density at radius 1 is 1.16 bits per heavy atom. The lowest BCUT2D eigenvalue weighted by molar-refractivity contribution is -0.129. The summed E-state index contributed by atoms with van der Waals surface area (Å²) in [5.74, 6) is -1.23. The van der Waals surface area contributed by atoms with Gasteiger partial charge in [0.05, 0.1) is 15.5 Å². The predicted molar refractivity (Wildman–Crippen MR) is 115 cm³/mol. The maximum absolute atomic E-state index is 13.2. The molecule has 1 fully saturated rings. The van der Waals surface area contributed by atoms with Gasteiger partial charge in [0.1, 0.15) is 0 Å². The van der Waals surface area contributed by atoms with Crippen LogP contribution in [-0.4, -0.2) is 43.3 Å². The number of carbonyl (C=O) groups is 2. The van der Waals surface area contributed by atoms with E-state index < -0.39 is 22.1 Å². The number of rotatable bonds is 6. The second kappa shape index (κ2) is 8.61. The van der Waals surface area contributed by atoms with Crippen LogP contribution in [0.4, 0.5) is 0 Å². The van der Waals surface area contributed by atoms with Gasteiger partial charge in [0.15, 0.2) is 6.10 Å². The van der Waals surface area contributed by atoms with Crippen molar-refractivity contribution < 1.29 is 22.7 Å². The fraction of sp³-hybridized carbons (Fsp3) is 0.364. The van der Waals surface area contributed by atoms with Crippen molar-refractivity contribution in [3.63, 3.8) is 0 Å². The Morgan fingerprint density at radius 2 is 1.87 bits per heavy atom. The van der Waals surface area contributed by atoms with E-state index in [1.807, 2.05) is 24.3 Å². The van der Waals surface area contributed by atoms with Crippen molar-refractivity contribution in [2.75, 3.05) is 6.54 Å². The van der Waals surface area contributed by atoms with Gasteiger partial charge in [-0.15, -0.1) is 0 Å². The van der Waals surface area contributed by atoms with E-state index in [9.17, 15) is 18.0 Å². The average molecular weight is 463 g/mol. The van der Waals surface area contributed by atoms with Gasteiger partial charge in [0, 0.05) is 19.1 Å². The van der Waals surface area contributed by atoms with Gasteiger partial charge in [-0.2, -0.15) is 4.31 Å². The van der Waals surface area contributed by atoms with Gasteiger partial charge in [-0.05, 0) is 55.5 Å². The third kappa shape index (κ3) is 4.76. The van der Waals surface area contributed by atoms with Crippen molar-refractivity contribution in [1.82, 2.24) is 9.62 Å². The van der Waals surface area contributed by atoms with Gasteiger partial charge in [-0.3, -0.25) is 4.79 Å². The monoisotopic (exact) mass is 462 g/mol. The third-order valence-electron chi connectivity index (χ3n) is 5.47. The van der Waals surface area contributed by atoms with Crippen LogP contribution in [0.15, 0.2) is 47.4 Å². The van der Waals surface area contributed by atoms with Gasteiger partial charge in [-0.25, -0.2) is 13.2 Å². The summed E-state index contributed by atoms with van der Waals surface area (Å²) in [7, 11) is -3.84. The molecule has 2 aromatic rings. The Kier molecular flexibility index (Phi) is 6.05. The Labute approximate surface area is 186 Å². The summed E-state index contributed by atoms with van der Waals surface area (Å²) in [6.07, 6.45) is 1.44. The van der Waals surface area contributed by atoms with Crippen LogP contribution in [0.25, 0.3) is 0 Å². The van der Waals surface area contributed by atoms with E-state index in [0.29, 0.717) is 13.0 Å². The zero-order chi connectivity index (χ0) is 22.2. The molecule has 9 heteroatoms. The summed E-state index contributed by atoms with van der Waals surface area (Å²) in [4.78, 5) is 24.6. The molecular weight excluding hydrogens is 440 g/mol. The van der Waals surface area contributed by atoms with Crippen LogP contribution in [0.2, 0.25) is 5.02 Å². The van der Waals surface area contributed by atoms with Crippen molar-refractivity contribution in [1.29, 1.82) is 0 Å². The lowest BCUT2D eigenvalue weighted by Crippen LogP contribution is -2.37. The number of esters is 1. The molecular formula is C22H23ClN2O5S. The highest BCUT2D eigenvalue weighted by molar-refractivity contribution is 7.89. The van der Waals surface area contributed by atoms with E-state index in [1.54, 1.807) is 0 Å². The summed E-state index contributed by atoms with van der Waals surface area (Å²) in [5.41, 5.74) is 2.00. The van der Waals surface area contributed by atoms with Crippen molar-refractivity contribution in [3.05, 3.63) is 64.2 Å². The van der Waals surface area contributed by atoms with Gasteiger partial charge < -0.3 is 10.1 Å². The molecule has 164 valence electrons. The first-order chi connectivity index (χ1) is 14.8. The van der Waals surface area contributed by atoms with E-state index >= 15 is 0 Å². The van der Waals surface area contributed by atoms with Gasteiger partial charge in [-0.1, -0.05) is 35.9 Å².